The highest BCUT2D eigenvalue weighted by atomic mass is 32.2. The average Bonchev–Trinajstić information content (AvgIpc) is 3.07. The van der Waals surface area contributed by atoms with Crippen LogP contribution in [-0.2, 0) is 4.79 Å². The number of hydrogen-bond acceptors (Lipinski definition) is 4. The van der Waals surface area contributed by atoms with Crippen LogP contribution in [0.25, 0.3) is 5.70 Å². The number of benzene rings is 2. The molecule has 1 amide bonds. The highest BCUT2D eigenvalue weighted by Gasteiger charge is 2.30. The number of carbonyl (C=O) groups is 2. The molecule has 4 nitrogen and oxygen atoms in total. The van der Waals surface area contributed by atoms with Crippen molar-refractivity contribution in [2.45, 2.75) is 32.2 Å². The lowest BCUT2D eigenvalue weighted by molar-refractivity contribution is -0.114. The Bertz CT molecular complexity index is 846. The van der Waals surface area contributed by atoms with Gasteiger partial charge in [-0.3, -0.25) is 9.59 Å². The van der Waals surface area contributed by atoms with E-state index in [0.29, 0.717) is 16.9 Å². The molecular weight excluding hydrogens is 344 g/mol. The molecule has 5 heteroatoms. The Hall–Kier alpha value is -2.53. The van der Waals surface area contributed by atoms with Gasteiger partial charge in [0.05, 0.1) is 10.6 Å². The van der Waals surface area contributed by atoms with Gasteiger partial charge in [0.2, 0.25) is 0 Å². The third-order valence-electron chi connectivity index (χ3n) is 4.18. The maximum Gasteiger partial charge on any atom is 0.253 e. The zero-order chi connectivity index (χ0) is 18.5. The van der Waals surface area contributed by atoms with Crippen LogP contribution in [0, 0.1) is 6.92 Å². The Balaban J connectivity index is 1.80. The van der Waals surface area contributed by atoms with E-state index in [2.05, 4.69) is 10.6 Å². The van der Waals surface area contributed by atoms with E-state index in [-0.39, 0.29) is 17.2 Å². The second kappa shape index (κ2) is 8.23. The second-order valence-corrected chi connectivity index (χ2v) is 7.29. The molecule has 134 valence electrons. The number of allylic oxidation sites excluding steroid dienone is 1. The van der Waals surface area contributed by atoms with Gasteiger partial charge in [-0.15, -0.1) is 0 Å². The topological polar surface area (TPSA) is 58.2 Å². The number of Topliss-reactive ketones (excluding diaryl/α,β-unsaturated/α-hetero) is 1. The Kier molecular flexibility index (Phi) is 5.78. The van der Waals surface area contributed by atoms with Gasteiger partial charge in [-0.25, -0.2) is 0 Å². The summed E-state index contributed by atoms with van der Waals surface area (Å²) in [5.74, 6) is -0.0406. The van der Waals surface area contributed by atoms with Crippen molar-refractivity contribution in [1.82, 2.24) is 10.6 Å². The Labute approximate surface area is 158 Å². The van der Waals surface area contributed by atoms with Gasteiger partial charge < -0.3 is 10.6 Å². The predicted octanol–water partition coefficient (Wildman–Crippen LogP) is 4.08. The summed E-state index contributed by atoms with van der Waals surface area (Å²) in [6.45, 7) is 3.90. The van der Waals surface area contributed by atoms with Gasteiger partial charge in [0.15, 0.2) is 11.3 Å². The van der Waals surface area contributed by atoms with Gasteiger partial charge in [0.1, 0.15) is 0 Å². The molecule has 0 aliphatic carbocycles. The first-order valence-corrected chi connectivity index (χ1v) is 9.60. The van der Waals surface area contributed by atoms with Crippen LogP contribution in [0.4, 0.5) is 0 Å². The zero-order valence-electron chi connectivity index (χ0n) is 14.9. The van der Waals surface area contributed by atoms with Gasteiger partial charge in [-0.2, -0.15) is 0 Å². The molecule has 0 spiro atoms. The molecule has 0 fully saturated rings. The summed E-state index contributed by atoms with van der Waals surface area (Å²) in [6, 6.07) is 17.2. The second-order valence-electron chi connectivity index (χ2n) is 6.17. The number of ketones is 1. The van der Waals surface area contributed by atoms with Crippen LogP contribution < -0.4 is 10.6 Å². The third kappa shape index (κ3) is 3.99. The molecule has 2 N–H and O–H groups in total. The molecule has 1 unspecified atom stereocenters. The van der Waals surface area contributed by atoms with Crippen LogP contribution in [-0.4, -0.2) is 17.2 Å². The number of hydrogen-bond donors (Lipinski definition) is 2. The molecule has 26 heavy (non-hydrogen) atoms. The summed E-state index contributed by atoms with van der Waals surface area (Å²) >= 11 is 1.38. The first kappa shape index (κ1) is 18.3. The molecule has 0 saturated heterocycles. The number of aryl methyl sites for hydroxylation is 1. The fourth-order valence-electron chi connectivity index (χ4n) is 2.86. The average molecular weight is 366 g/mol. The van der Waals surface area contributed by atoms with E-state index in [1.807, 2.05) is 62.4 Å². The van der Waals surface area contributed by atoms with Gasteiger partial charge in [0, 0.05) is 12.0 Å². The van der Waals surface area contributed by atoms with Crippen molar-refractivity contribution in [2.24, 2.45) is 0 Å². The van der Waals surface area contributed by atoms with Crippen molar-refractivity contribution >= 4 is 29.1 Å². The molecule has 1 aliphatic heterocycles. The van der Waals surface area contributed by atoms with Gasteiger partial charge in [-0.1, -0.05) is 67.2 Å². The molecule has 3 rings (SSSR count). The van der Waals surface area contributed by atoms with Crippen molar-refractivity contribution in [3.63, 3.8) is 0 Å². The normalized spacial score (nSPS) is 16.3. The van der Waals surface area contributed by atoms with Gasteiger partial charge >= 0.3 is 0 Å². The summed E-state index contributed by atoms with van der Waals surface area (Å²) in [5, 5.41) is 6.29. The Morgan fingerprint density at radius 1 is 1.08 bits per heavy atom. The minimum absolute atomic E-state index is 0.108. The quantitative estimate of drug-likeness (QED) is 0.809. The number of nitrogens with one attached hydrogen (secondary N) is 2. The van der Waals surface area contributed by atoms with Gasteiger partial charge in [0.25, 0.3) is 5.91 Å². The monoisotopic (exact) mass is 366 g/mol. The molecule has 2 aromatic carbocycles. The predicted molar refractivity (Wildman–Crippen MR) is 106 cm³/mol. The van der Waals surface area contributed by atoms with E-state index in [9.17, 15) is 9.59 Å². The van der Waals surface area contributed by atoms with E-state index < -0.39 is 0 Å². The van der Waals surface area contributed by atoms with Gasteiger partial charge in [-0.05, 0) is 30.5 Å². The Morgan fingerprint density at radius 3 is 2.46 bits per heavy atom. The molecule has 2 aromatic rings. The van der Waals surface area contributed by atoms with Crippen LogP contribution in [0.2, 0.25) is 0 Å². The summed E-state index contributed by atoms with van der Waals surface area (Å²) in [6.07, 6.45) is 1.30. The van der Waals surface area contributed by atoms with Crippen LogP contribution >= 0.6 is 11.8 Å². The highest BCUT2D eigenvalue weighted by Crippen LogP contribution is 2.36. The highest BCUT2D eigenvalue weighted by molar-refractivity contribution is 8.05. The lowest BCUT2D eigenvalue weighted by atomic mass is 10.1. The van der Waals surface area contributed by atoms with Crippen LogP contribution in [0.3, 0.4) is 0 Å². The van der Waals surface area contributed by atoms with Crippen LogP contribution in [0.15, 0.2) is 59.5 Å². The number of rotatable bonds is 6. The van der Waals surface area contributed by atoms with Crippen molar-refractivity contribution in [1.29, 1.82) is 0 Å². The molecule has 0 aromatic heterocycles. The first-order chi connectivity index (χ1) is 12.6. The lowest BCUT2D eigenvalue weighted by Crippen LogP contribution is -2.39. The maximum absolute atomic E-state index is 12.6. The molecule has 1 heterocycles. The van der Waals surface area contributed by atoms with Crippen molar-refractivity contribution in [3.8, 4) is 0 Å². The largest absolute Gasteiger partial charge is 0.355 e. The van der Waals surface area contributed by atoms with Crippen LogP contribution in [0.1, 0.15) is 41.3 Å². The molecule has 1 aliphatic rings. The smallest absolute Gasteiger partial charge is 0.253 e. The minimum Gasteiger partial charge on any atom is -0.355 e. The molecule has 0 radical (unpaired) electrons. The van der Waals surface area contributed by atoms with E-state index in [1.54, 1.807) is 6.07 Å². The summed E-state index contributed by atoms with van der Waals surface area (Å²) in [7, 11) is 0. The molecular formula is C21H22N2O2S. The van der Waals surface area contributed by atoms with E-state index in [0.717, 1.165) is 23.2 Å². The Morgan fingerprint density at radius 2 is 1.77 bits per heavy atom. The number of amides is 1. The van der Waals surface area contributed by atoms with E-state index >= 15 is 0 Å². The molecule has 0 bridgehead atoms. The SMILES string of the molecule is CCCC(=O)C1=C(c2ccccc2)NC(NC(=O)c2ccccc2C)S1. The molecule has 1 atom stereocenters. The van der Waals surface area contributed by atoms with Crippen molar-refractivity contribution < 1.29 is 9.59 Å². The fourth-order valence-corrected chi connectivity index (χ4v) is 3.96. The first-order valence-electron chi connectivity index (χ1n) is 8.72. The van der Waals surface area contributed by atoms with Crippen LogP contribution in [0.5, 0.6) is 0 Å². The van der Waals surface area contributed by atoms with E-state index in [1.165, 1.54) is 11.8 Å². The summed E-state index contributed by atoms with van der Waals surface area (Å²) in [5.41, 5.74) is 2.94. The lowest BCUT2D eigenvalue weighted by Gasteiger charge is -2.15. The standard InChI is InChI=1S/C21H22N2O2S/c1-3-9-17(24)19-18(15-11-5-4-6-12-15)22-21(26-19)23-20(25)16-13-8-7-10-14(16)2/h4-8,10-13,21-22H,3,9H2,1-2H3,(H,23,25). The van der Waals surface area contributed by atoms with Crippen molar-refractivity contribution in [3.05, 3.63) is 76.2 Å². The summed E-state index contributed by atoms with van der Waals surface area (Å²) < 4.78 is 0. The minimum atomic E-state index is -0.367. The fraction of sp³-hybridized carbons (Fsp3) is 0.238. The van der Waals surface area contributed by atoms with Crippen molar-refractivity contribution in [2.75, 3.05) is 0 Å². The zero-order valence-corrected chi connectivity index (χ0v) is 15.7. The third-order valence-corrected chi connectivity index (χ3v) is 5.32. The number of carbonyl (C=O) groups excluding carboxylic acids is 2. The van der Waals surface area contributed by atoms with E-state index in [4.69, 9.17) is 0 Å². The molecule has 0 saturated carbocycles. The summed E-state index contributed by atoms with van der Waals surface area (Å²) in [4.78, 5) is 25.8. The maximum atomic E-state index is 12.6. The number of thioether (sulfide) groups is 1.